The van der Waals surface area contributed by atoms with Crippen LogP contribution in [-0.4, -0.2) is 11.1 Å². The Kier molecular flexibility index (Phi) is 3.27. The van der Waals surface area contributed by atoms with Gasteiger partial charge in [0.15, 0.2) is 0 Å². The van der Waals surface area contributed by atoms with Gasteiger partial charge in [-0.3, -0.25) is 0 Å². The molecule has 0 fully saturated rings. The Morgan fingerprint density at radius 1 is 1.57 bits per heavy atom. The van der Waals surface area contributed by atoms with Crippen molar-refractivity contribution < 1.29 is 9.90 Å². The van der Waals surface area contributed by atoms with Crippen molar-refractivity contribution in [3.63, 3.8) is 0 Å². The molecule has 0 saturated carbocycles. The summed E-state index contributed by atoms with van der Waals surface area (Å²) in [6.45, 7) is 0. The van der Waals surface area contributed by atoms with Gasteiger partial charge in [0.25, 0.3) is 0 Å². The maximum Gasteiger partial charge on any atom is 0.328 e. The van der Waals surface area contributed by atoms with E-state index < -0.39 is 5.97 Å². The average molecular weight is 208 g/mol. The molecule has 0 aliphatic heterocycles. The van der Waals surface area contributed by atoms with Gasteiger partial charge in [0.05, 0.1) is 10.6 Å². The Bertz CT molecular complexity index is 432. The van der Waals surface area contributed by atoms with Crippen molar-refractivity contribution in [3.05, 3.63) is 40.4 Å². The number of carbonyl (C=O) groups is 1. The SMILES string of the molecule is N#Cc1c(Cl)cccc1/C=C/C(=O)O. The summed E-state index contributed by atoms with van der Waals surface area (Å²) < 4.78 is 0. The van der Waals surface area contributed by atoms with Crippen molar-refractivity contribution in [2.45, 2.75) is 0 Å². The first-order valence-electron chi connectivity index (χ1n) is 3.75. The molecule has 1 rings (SSSR count). The van der Waals surface area contributed by atoms with E-state index in [1.54, 1.807) is 18.2 Å². The molecule has 14 heavy (non-hydrogen) atoms. The lowest BCUT2D eigenvalue weighted by atomic mass is 10.1. The largest absolute Gasteiger partial charge is 0.478 e. The van der Waals surface area contributed by atoms with Gasteiger partial charge in [-0.05, 0) is 17.7 Å². The first-order chi connectivity index (χ1) is 6.65. The highest BCUT2D eigenvalue weighted by Crippen LogP contribution is 2.19. The maximum atomic E-state index is 10.3. The summed E-state index contributed by atoms with van der Waals surface area (Å²) in [5.41, 5.74) is 0.786. The van der Waals surface area contributed by atoms with Gasteiger partial charge in [-0.2, -0.15) is 5.26 Å². The summed E-state index contributed by atoms with van der Waals surface area (Å²) in [5, 5.41) is 17.5. The van der Waals surface area contributed by atoms with E-state index in [0.29, 0.717) is 10.6 Å². The van der Waals surface area contributed by atoms with Gasteiger partial charge in [-0.1, -0.05) is 23.7 Å². The normalized spacial score (nSPS) is 10.0. The molecule has 0 aliphatic carbocycles. The van der Waals surface area contributed by atoms with Gasteiger partial charge >= 0.3 is 5.97 Å². The minimum absolute atomic E-state index is 0.284. The monoisotopic (exact) mass is 207 g/mol. The molecule has 0 bridgehead atoms. The summed E-state index contributed by atoms with van der Waals surface area (Å²) in [5.74, 6) is -1.06. The minimum atomic E-state index is -1.06. The number of halogens is 1. The van der Waals surface area contributed by atoms with Crippen LogP contribution in [0.1, 0.15) is 11.1 Å². The quantitative estimate of drug-likeness (QED) is 0.757. The minimum Gasteiger partial charge on any atom is -0.478 e. The smallest absolute Gasteiger partial charge is 0.328 e. The second-order valence-corrected chi connectivity index (χ2v) is 2.89. The van der Waals surface area contributed by atoms with Crippen LogP contribution in [0, 0.1) is 11.3 Å². The van der Waals surface area contributed by atoms with E-state index in [-0.39, 0.29) is 5.56 Å². The molecular formula is C10H6ClNO2. The fourth-order valence-electron chi connectivity index (χ4n) is 0.959. The molecule has 3 nitrogen and oxygen atoms in total. The Labute approximate surface area is 85.9 Å². The molecule has 1 aromatic carbocycles. The van der Waals surface area contributed by atoms with Crippen LogP contribution >= 0.6 is 11.6 Å². The summed E-state index contributed by atoms with van der Waals surface area (Å²) >= 11 is 5.74. The molecule has 0 saturated heterocycles. The van der Waals surface area contributed by atoms with Gasteiger partial charge < -0.3 is 5.11 Å². The van der Waals surface area contributed by atoms with Crippen molar-refractivity contribution in [2.75, 3.05) is 0 Å². The van der Waals surface area contributed by atoms with Crippen LogP contribution < -0.4 is 0 Å². The third kappa shape index (κ3) is 2.35. The zero-order chi connectivity index (χ0) is 10.6. The van der Waals surface area contributed by atoms with Crippen molar-refractivity contribution in [2.24, 2.45) is 0 Å². The molecule has 0 spiro atoms. The van der Waals surface area contributed by atoms with Crippen LogP contribution in [0.3, 0.4) is 0 Å². The fourth-order valence-corrected chi connectivity index (χ4v) is 1.18. The van der Waals surface area contributed by atoms with Crippen molar-refractivity contribution >= 4 is 23.6 Å². The Morgan fingerprint density at radius 3 is 2.86 bits per heavy atom. The first-order valence-corrected chi connectivity index (χ1v) is 4.12. The lowest BCUT2D eigenvalue weighted by Gasteiger charge is -1.98. The Hall–Kier alpha value is -1.79. The molecule has 0 atom stereocenters. The van der Waals surface area contributed by atoms with Crippen LogP contribution in [0.25, 0.3) is 6.08 Å². The second kappa shape index (κ2) is 4.45. The first kappa shape index (κ1) is 10.3. The van der Waals surface area contributed by atoms with E-state index >= 15 is 0 Å². The maximum absolute atomic E-state index is 10.3. The molecule has 0 aromatic heterocycles. The number of carboxylic acid groups (broad SMARTS) is 1. The number of rotatable bonds is 2. The third-order valence-corrected chi connectivity index (χ3v) is 1.88. The zero-order valence-corrected chi connectivity index (χ0v) is 7.82. The molecule has 0 aliphatic rings. The third-order valence-electron chi connectivity index (χ3n) is 1.56. The predicted octanol–water partition coefficient (Wildman–Crippen LogP) is 2.31. The second-order valence-electron chi connectivity index (χ2n) is 2.49. The summed E-state index contributed by atoms with van der Waals surface area (Å²) in [4.78, 5) is 10.3. The molecule has 0 heterocycles. The highest BCUT2D eigenvalue weighted by atomic mass is 35.5. The summed E-state index contributed by atoms with van der Waals surface area (Å²) in [7, 11) is 0. The number of hydrogen-bond donors (Lipinski definition) is 1. The molecular weight excluding hydrogens is 202 g/mol. The van der Waals surface area contributed by atoms with Gasteiger partial charge in [-0.25, -0.2) is 4.79 Å². The van der Waals surface area contributed by atoms with E-state index in [9.17, 15) is 4.79 Å². The van der Waals surface area contributed by atoms with E-state index in [1.165, 1.54) is 6.08 Å². The van der Waals surface area contributed by atoms with Crippen molar-refractivity contribution in [3.8, 4) is 6.07 Å². The van der Waals surface area contributed by atoms with Gasteiger partial charge in [0.2, 0.25) is 0 Å². The number of benzene rings is 1. The molecule has 0 amide bonds. The molecule has 0 unspecified atom stereocenters. The summed E-state index contributed by atoms with van der Waals surface area (Å²) in [6, 6.07) is 6.78. The van der Waals surface area contributed by atoms with E-state index in [4.69, 9.17) is 22.0 Å². The Morgan fingerprint density at radius 2 is 2.29 bits per heavy atom. The van der Waals surface area contributed by atoms with Gasteiger partial charge in [-0.15, -0.1) is 0 Å². The lowest BCUT2D eigenvalue weighted by Crippen LogP contribution is -1.88. The number of hydrogen-bond acceptors (Lipinski definition) is 2. The predicted molar refractivity (Wildman–Crippen MR) is 52.8 cm³/mol. The average Bonchev–Trinajstić information content (AvgIpc) is 2.14. The Balaban J connectivity index is 3.16. The fraction of sp³-hybridized carbons (Fsp3) is 0. The number of nitriles is 1. The van der Waals surface area contributed by atoms with Crippen LogP contribution in [0.15, 0.2) is 24.3 Å². The highest BCUT2D eigenvalue weighted by molar-refractivity contribution is 6.32. The molecule has 1 aromatic rings. The van der Waals surface area contributed by atoms with Crippen molar-refractivity contribution in [1.29, 1.82) is 5.26 Å². The van der Waals surface area contributed by atoms with Gasteiger partial charge in [0, 0.05) is 6.08 Å². The zero-order valence-electron chi connectivity index (χ0n) is 7.07. The summed E-state index contributed by atoms with van der Waals surface area (Å²) in [6.07, 6.45) is 2.30. The van der Waals surface area contributed by atoms with Crippen LogP contribution in [0.5, 0.6) is 0 Å². The molecule has 0 radical (unpaired) electrons. The number of aliphatic carboxylic acids is 1. The molecule has 1 N–H and O–H groups in total. The highest BCUT2D eigenvalue weighted by Gasteiger charge is 2.03. The van der Waals surface area contributed by atoms with Crippen molar-refractivity contribution in [1.82, 2.24) is 0 Å². The van der Waals surface area contributed by atoms with Crippen LogP contribution in [0.2, 0.25) is 5.02 Å². The number of carboxylic acids is 1. The molecule has 4 heteroatoms. The topological polar surface area (TPSA) is 61.1 Å². The van der Waals surface area contributed by atoms with Gasteiger partial charge in [0.1, 0.15) is 6.07 Å². The number of nitrogens with zero attached hydrogens (tertiary/aromatic N) is 1. The van der Waals surface area contributed by atoms with E-state index in [0.717, 1.165) is 6.08 Å². The van der Waals surface area contributed by atoms with Crippen LogP contribution in [-0.2, 0) is 4.79 Å². The van der Waals surface area contributed by atoms with Crippen LogP contribution in [0.4, 0.5) is 0 Å². The van der Waals surface area contributed by atoms with E-state index in [1.807, 2.05) is 6.07 Å². The lowest BCUT2D eigenvalue weighted by molar-refractivity contribution is -0.131. The van der Waals surface area contributed by atoms with E-state index in [2.05, 4.69) is 0 Å². The molecule has 70 valence electrons. The standard InChI is InChI=1S/C10H6ClNO2/c11-9-3-1-2-7(8(9)6-12)4-5-10(13)14/h1-5H,(H,13,14)/b5-4+.